The molecular formula is C18H27N3O2. The Hall–Kier alpha value is -2.04. The van der Waals surface area contributed by atoms with Crippen LogP contribution in [0, 0.1) is 12.8 Å². The fourth-order valence-corrected chi connectivity index (χ4v) is 3.01. The number of nitrogens with one attached hydrogen (secondary N) is 1. The van der Waals surface area contributed by atoms with Gasteiger partial charge in [-0.2, -0.15) is 0 Å². The molecule has 0 bridgehead atoms. The van der Waals surface area contributed by atoms with E-state index in [0.29, 0.717) is 19.6 Å². The molecule has 1 saturated heterocycles. The van der Waals surface area contributed by atoms with Gasteiger partial charge in [0, 0.05) is 25.0 Å². The predicted octanol–water partition coefficient (Wildman–Crippen LogP) is 2.18. The lowest BCUT2D eigenvalue weighted by molar-refractivity contribution is -0.126. The standard InChI is InChI=1S/C18H27N3O2/c1-13-6-4-8-15(10-13)18(2,3)12-20-16(22)14-7-5-9-21(11-14)17(19)23/h4,6,8,10,14H,5,7,9,11-12H2,1-3H3,(H2,19,23)(H,20,22)/t14-/m0/s1. The minimum atomic E-state index is -0.442. The third kappa shape index (κ3) is 4.47. The molecule has 0 saturated carbocycles. The van der Waals surface area contributed by atoms with Crippen LogP contribution >= 0.6 is 0 Å². The van der Waals surface area contributed by atoms with E-state index in [4.69, 9.17) is 5.73 Å². The zero-order chi connectivity index (χ0) is 17.0. The van der Waals surface area contributed by atoms with E-state index in [1.165, 1.54) is 11.1 Å². The highest BCUT2D eigenvalue weighted by Crippen LogP contribution is 2.23. The minimum Gasteiger partial charge on any atom is -0.355 e. The van der Waals surface area contributed by atoms with Gasteiger partial charge in [-0.1, -0.05) is 43.7 Å². The molecule has 3 amide bonds. The number of carbonyl (C=O) groups is 2. The number of nitrogens with zero attached hydrogens (tertiary/aromatic N) is 1. The Morgan fingerprint density at radius 2 is 2.13 bits per heavy atom. The quantitative estimate of drug-likeness (QED) is 0.893. The summed E-state index contributed by atoms with van der Waals surface area (Å²) in [5.74, 6) is -0.152. The van der Waals surface area contributed by atoms with Gasteiger partial charge in [-0.05, 0) is 25.3 Å². The Morgan fingerprint density at radius 3 is 2.78 bits per heavy atom. The molecule has 1 aromatic carbocycles. The highest BCUT2D eigenvalue weighted by Gasteiger charge is 2.29. The van der Waals surface area contributed by atoms with Gasteiger partial charge in [0.15, 0.2) is 0 Å². The van der Waals surface area contributed by atoms with Crippen LogP contribution in [-0.4, -0.2) is 36.5 Å². The number of rotatable bonds is 4. The van der Waals surface area contributed by atoms with Gasteiger partial charge in [0.25, 0.3) is 0 Å². The maximum atomic E-state index is 12.4. The van der Waals surface area contributed by atoms with Crippen molar-refractivity contribution >= 4 is 11.9 Å². The number of likely N-dealkylation sites (tertiary alicyclic amines) is 1. The maximum absolute atomic E-state index is 12.4. The molecule has 0 spiro atoms. The van der Waals surface area contributed by atoms with Crippen molar-refractivity contribution < 1.29 is 9.59 Å². The fraction of sp³-hybridized carbons (Fsp3) is 0.556. The largest absolute Gasteiger partial charge is 0.355 e. The van der Waals surface area contributed by atoms with E-state index in [1.807, 2.05) is 6.07 Å². The Kier molecular flexibility index (Phi) is 5.29. The van der Waals surface area contributed by atoms with Crippen LogP contribution in [0.2, 0.25) is 0 Å². The topological polar surface area (TPSA) is 75.4 Å². The molecule has 1 atom stereocenters. The van der Waals surface area contributed by atoms with E-state index in [1.54, 1.807) is 4.90 Å². The lowest BCUT2D eigenvalue weighted by Gasteiger charge is -2.32. The number of piperidine rings is 1. The van der Waals surface area contributed by atoms with E-state index in [9.17, 15) is 9.59 Å². The van der Waals surface area contributed by atoms with Crippen molar-refractivity contribution in [2.75, 3.05) is 19.6 Å². The number of urea groups is 1. The van der Waals surface area contributed by atoms with Gasteiger partial charge in [-0.3, -0.25) is 4.79 Å². The van der Waals surface area contributed by atoms with E-state index < -0.39 is 6.03 Å². The molecule has 0 unspecified atom stereocenters. The first-order valence-electron chi connectivity index (χ1n) is 8.19. The van der Waals surface area contributed by atoms with E-state index in [-0.39, 0.29) is 17.2 Å². The van der Waals surface area contributed by atoms with Crippen molar-refractivity contribution in [3.63, 3.8) is 0 Å². The highest BCUT2D eigenvalue weighted by atomic mass is 16.2. The van der Waals surface area contributed by atoms with Gasteiger partial charge in [0.1, 0.15) is 0 Å². The molecule has 23 heavy (non-hydrogen) atoms. The van der Waals surface area contributed by atoms with Crippen LogP contribution in [0.15, 0.2) is 24.3 Å². The molecule has 5 nitrogen and oxygen atoms in total. The Labute approximate surface area is 138 Å². The van der Waals surface area contributed by atoms with E-state index in [0.717, 1.165) is 12.8 Å². The summed E-state index contributed by atoms with van der Waals surface area (Å²) in [4.78, 5) is 25.2. The summed E-state index contributed by atoms with van der Waals surface area (Å²) in [6.45, 7) is 7.96. The average Bonchev–Trinajstić information content (AvgIpc) is 2.53. The van der Waals surface area contributed by atoms with Gasteiger partial charge in [0.2, 0.25) is 5.91 Å². The number of nitrogens with two attached hydrogens (primary N) is 1. The summed E-state index contributed by atoms with van der Waals surface area (Å²) < 4.78 is 0. The van der Waals surface area contributed by atoms with Crippen LogP contribution in [0.25, 0.3) is 0 Å². The van der Waals surface area contributed by atoms with Crippen LogP contribution in [0.4, 0.5) is 4.79 Å². The number of carbonyl (C=O) groups excluding carboxylic acids is 2. The summed E-state index contributed by atoms with van der Waals surface area (Å²) in [6, 6.07) is 7.91. The maximum Gasteiger partial charge on any atom is 0.314 e. The first kappa shape index (κ1) is 17.3. The lowest BCUT2D eigenvalue weighted by Crippen LogP contribution is -2.48. The molecule has 0 aliphatic carbocycles. The second-order valence-electron chi connectivity index (χ2n) is 7.09. The van der Waals surface area contributed by atoms with E-state index in [2.05, 4.69) is 44.3 Å². The molecule has 1 aliphatic heterocycles. The smallest absolute Gasteiger partial charge is 0.314 e. The van der Waals surface area contributed by atoms with Crippen LogP contribution in [0.1, 0.15) is 37.8 Å². The van der Waals surface area contributed by atoms with Crippen molar-refractivity contribution in [2.24, 2.45) is 11.7 Å². The molecule has 1 fully saturated rings. The van der Waals surface area contributed by atoms with Gasteiger partial charge in [0.05, 0.1) is 5.92 Å². The molecule has 1 aromatic rings. The van der Waals surface area contributed by atoms with Crippen LogP contribution in [0.3, 0.4) is 0 Å². The first-order valence-corrected chi connectivity index (χ1v) is 8.19. The minimum absolute atomic E-state index is 0.0108. The van der Waals surface area contributed by atoms with Crippen molar-refractivity contribution in [3.8, 4) is 0 Å². The monoisotopic (exact) mass is 317 g/mol. The zero-order valence-corrected chi connectivity index (χ0v) is 14.3. The SMILES string of the molecule is Cc1cccc(C(C)(C)CNC(=O)[C@H]2CCCN(C(N)=O)C2)c1. The second-order valence-corrected chi connectivity index (χ2v) is 7.09. The number of aryl methyl sites for hydroxylation is 1. The van der Waals surface area contributed by atoms with Crippen LogP contribution in [-0.2, 0) is 10.2 Å². The molecule has 5 heteroatoms. The van der Waals surface area contributed by atoms with Crippen molar-refractivity contribution in [1.29, 1.82) is 0 Å². The highest BCUT2D eigenvalue weighted by molar-refractivity contribution is 5.80. The van der Waals surface area contributed by atoms with Crippen LogP contribution < -0.4 is 11.1 Å². The molecule has 1 aliphatic rings. The molecule has 126 valence electrons. The zero-order valence-electron chi connectivity index (χ0n) is 14.3. The van der Waals surface area contributed by atoms with Gasteiger partial charge < -0.3 is 16.0 Å². The van der Waals surface area contributed by atoms with Gasteiger partial charge >= 0.3 is 6.03 Å². The molecule has 2 rings (SSSR count). The summed E-state index contributed by atoms with van der Waals surface area (Å²) >= 11 is 0. The summed E-state index contributed by atoms with van der Waals surface area (Å²) in [6.07, 6.45) is 1.63. The molecule has 0 aromatic heterocycles. The van der Waals surface area contributed by atoms with E-state index >= 15 is 0 Å². The second kappa shape index (κ2) is 7.02. The van der Waals surface area contributed by atoms with Crippen molar-refractivity contribution in [2.45, 2.75) is 39.0 Å². The van der Waals surface area contributed by atoms with Gasteiger partial charge in [-0.25, -0.2) is 4.79 Å². The third-order valence-electron chi connectivity index (χ3n) is 4.61. The normalized spacial score (nSPS) is 18.6. The summed E-state index contributed by atoms with van der Waals surface area (Å²) in [5, 5.41) is 3.05. The Morgan fingerprint density at radius 1 is 1.39 bits per heavy atom. The first-order chi connectivity index (χ1) is 10.8. The number of amides is 3. The number of hydrogen-bond acceptors (Lipinski definition) is 2. The molecule has 0 radical (unpaired) electrons. The van der Waals surface area contributed by atoms with Crippen molar-refractivity contribution in [3.05, 3.63) is 35.4 Å². The predicted molar refractivity (Wildman–Crippen MR) is 91.1 cm³/mol. The molecule has 3 N–H and O–H groups in total. The molecular weight excluding hydrogens is 290 g/mol. The van der Waals surface area contributed by atoms with Crippen LogP contribution in [0.5, 0.6) is 0 Å². The molecule has 1 heterocycles. The average molecular weight is 317 g/mol. The summed E-state index contributed by atoms with van der Waals surface area (Å²) in [5.41, 5.74) is 7.60. The number of primary amides is 1. The summed E-state index contributed by atoms with van der Waals surface area (Å²) in [7, 11) is 0. The fourth-order valence-electron chi connectivity index (χ4n) is 3.01. The van der Waals surface area contributed by atoms with Crippen molar-refractivity contribution in [1.82, 2.24) is 10.2 Å². The number of benzene rings is 1. The Balaban J connectivity index is 1.94. The third-order valence-corrected chi connectivity index (χ3v) is 4.61. The Bertz CT molecular complexity index is 583. The van der Waals surface area contributed by atoms with Gasteiger partial charge in [-0.15, -0.1) is 0 Å². The lowest BCUT2D eigenvalue weighted by atomic mass is 9.83. The number of hydrogen-bond donors (Lipinski definition) is 2.